The highest BCUT2D eigenvalue weighted by atomic mass is 16.5. The first-order valence-corrected chi connectivity index (χ1v) is 6.52. The van der Waals surface area contributed by atoms with Crippen molar-refractivity contribution in [3.8, 4) is 17.0 Å². The third kappa shape index (κ3) is 3.80. The quantitative estimate of drug-likeness (QED) is 0.891. The van der Waals surface area contributed by atoms with Gasteiger partial charge in [-0.3, -0.25) is 0 Å². The van der Waals surface area contributed by atoms with Crippen LogP contribution >= 0.6 is 0 Å². The van der Waals surface area contributed by atoms with Crippen LogP contribution in [0.1, 0.15) is 19.4 Å². The summed E-state index contributed by atoms with van der Waals surface area (Å²) in [5.41, 5.74) is 3.56. The van der Waals surface area contributed by atoms with E-state index in [9.17, 15) is 0 Å². The molecule has 100 valence electrons. The molecule has 0 aliphatic heterocycles. The summed E-state index contributed by atoms with van der Waals surface area (Å²) < 4.78 is 5.06. The molecule has 1 aromatic heterocycles. The van der Waals surface area contributed by atoms with Crippen molar-refractivity contribution in [3.63, 3.8) is 0 Å². The number of benzene rings is 1. The van der Waals surface area contributed by atoms with Crippen molar-refractivity contribution in [2.75, 3.05) is 7.11 Å². The van der Waals surface area contributed by atoms with Crippen molar-refractivity contribution in [1.82, 2.24) is 10.3 Å². The number of nitrogens with zero attached hydrogens (tertiary/aromatic N) is 1. The van der Waals surface area contributed by atoms with Crippen molar-refractivity contribution in [2.24, 2.45) is 0 Å². The second-order valence-corrected chi connectivity index (χ2v) is 4.82. The molecule has 1 aromatic carbocycles. The summed E-state index contributed by atoms with van der Waals surface area (Å²) in [6.07, 6.45) is 1.83. The summed E-state index contributed by atoms with van der Waals surface area (Å²) >= 11 is 0. The van der Waals surface area contributed by atoms with E-state index in [2.05, 4.69) is 48.4 Å². The lowest BCUT2D eigenvalue weighted by atomic mass is 10.1. The van der Waals surface area contributed by atoms with Crippen molar-refractivity contribution < 1.29 is 4.74 Å². The van der Waals surface area contributed by atoms with Gasteiger partial charge in [-0.25, -0.2) is 4.98 Å². The molecule has 0 amide bonds. The number of rotatable bonds is 5. The van der Waals surface area contributed by atoms with Gasteiger partial charge in [0.25, 0.3) is 0 Å². The number of hydrogen-bond donors (Lipinski definition) is 1. The number of aromatic nitrogens is 1. The number of ether oxygens (including phenoxy) is 1. The van der Waals surface area contributed by atoms with Crippen molar-refractivity contribution in [1.29, 1.82) is 0 Å². The maximum Gasteiger partial charge on any atom is 0.212 e. The first-order valence-electron chi connectivity index (χ1n) is 6.52. The van der Waals surface area contributed by atoms with Crippen LogP contribution in [0.25, 0.3) is 11.1 Å². The molecule has 0 radical (unpaired) electrons. The molecular weight excluding hydrogens is 236 g/mol. The summed E-state index contributed by atoms with van der Waals surface area (Å²) in [5.74, 6) is 0.640. The lowest BCUT2D eigenvalue weighted by molar-refractivity contribution is 0.398. The van der Waals surface area contributed by atoms with Crippen LogP contribution in [0.5, 0.6) is 5.88 Å². The Labute approximate surface area is 114 Å². The molecular formula is C16H20N2O. The van der Waals surface area contributed by atoms with Crippen molar-refractivity contribution in [3.05, 3.63) is 48.2 Å². The molecule has 0 atom stereocenters. The van der Waals surface area contributed by atoms with Gasteiger partial charge in [0.1, 0.15) is 0 Å². The van der Waals surface area contributed by atoms with Gasteiger partial charge in [-0.05, 0) is 17.2 Å². The molecule has 0 spiro atoms. The molecule has 0 bridgehead atoms. The smallest absolute Gasteiger partial charge is 0.212 e. The highest BCUT2D eigenvalue weighted by Gasteiger charge is 2.00. The van der Waals surface area contributed by atoms with Crippen LogP contribution in [0, 0.1) is 0 Å². The zero-order valence-corrected chi connectivity index (χ0v) is 11.7. The van der Waals surface area contributed by atoms with Gasteiger partial charge >= 0.3 is 0 Å². The Bertz CT molecular complexity index is 503. The highest BCUT2D eigenvalue weighted by Crippen LogP contribution is 2.20. The minimum absolute atomic E-state index is 0.505. The lowest BCUT2D eigenvalue weighted by Crippen LogP contribution is -2.21. The molecule has 1 heterocycles. The van der Waals surface area contributed by atoms with E-state index in [-0.39, 0.29) is 0 Å². The lowest BCUT2D eigenvalue weighted by Gasteiger charge is -2.09. The van der Waals surface area contributed by atoms with Gasteiger partial charge in [-0.15, -0.1) is 0 Å². The van der Waals surface area contributed by atoms with Crippen LogP contribution in [0.3, 0.4) is 0 Å². The topological polar surface area (TPSA) is 34.1 Å². The van der Waals surface area contributed by atoms with Gasteiger partial charge in [-0.2, -0.15) is 0 Å². The number of methoxy groups -OCH3 is 1. The molecule has 0 aliphatic rings. The highest BCUT2D eigenvalue weighted by molar-refractivity contribution is 5.62. The van der Waals surface area contributed by atoms with Gasteiger partial charge in [0.05, 0.1) is 7.11 Å². The zero-order valence-electron chi connectivity index (χ0n) is 11.7. The fourth-order valence-corrected chi connectivity index (χ4v) is 1.81. The number of hydrogen-bond acceptors (Lipinski definition) is 3. The van der Waals surface area contributed by atoms with Gasteiger partial charge in [0.15, 0.2) is 0 Å². The second-order valence-electron chi connectivity index (χ2n) is 4.82. The van der Waals surface area contributed by atoms with E-state index < -0.39 is 0 Å². The van der Waals surface area contributed by atoms with Gasteiger partial charge in [0, 0.05) is 30.4 Å². The maximum absolute atomic E-state index is 5.06. The molecule has 3 heteroatoms. The average Bonchev–Trinajstić information content (AvgIpc) is 2.46. The SMILES string of the molecule is COc1ccc(-c2ccc(CNC(C)C)cc2)cn1. The average molecular weight is 256 g/mol. The number of nitrogens with one attached hydrogen (secondary N) is 1. The maximum atomic E-state index is 5.06. The van der Waals surface area contributed by atoms with E-state index in [4.69, 9.17) is 4.74 Å². The van der Waals surface area contributed by atoms with Crippen molar-refractivity contribution in [2.45, 2.75) is 26.4 Å². The summed E-state index contributed by atoms with van der Waals surface area (Å²) in [5, 5.41) is 3.41. The molecule has 1 N–H and O–H groups in total. The number of pyridine rings is 1. The summed E-state index contributed by atoms with van der Waals surface area (Å²) in [4.78, 5) is 4.22. The molecule has 2 rings (SSSR count). The van der Waals surface area contributed by atoms with Crippen LogP contribution in [-0.2, 0) is 6.54 Å². The molecule has 0 saturated carbocycles. The van der Waals surface area contributed by atoms with Crippen LogP contribution in [0.15, 0.2) is 42.6 Å². The standard InChI is InChI=1S/C16H20N2O/c1-12(2)17-10-13-4-6-14(7-5-13)15-8-9-16(19-3)18-11-15/h4-9,11-12,17H,10H2,1-3H3. The van der Waals surface area contributed by atoms with Gasteiger partial charge in [-0.1, -0.05) is 38.1 Å². The summed E-state index contributed by atoms with van der Waals surface area (Å²) in [7, 11) is 1.62. The fraction of sp³-hybridized carbons (Fsp3) is 0.312. The van der Waals surface area contributed by atoms with E-state index >= 15 is 0 Å². The Morgan fingerprint density at radius 3 is 2.26 bits per heavy atom. The van der Waals surface area contributed by atoms with E-state index in [0.29, 0.717) is 11.9 Å². The molecule has 3 nitrogen and oxygen atoms in total. The minimum Gasteiger partial charge on any atom is -0.481 e. The third-order valence-electron chi connectivity index (χ3n) is 2.95. The zero-order chi connectivity index (χ0) is 13.7. The Kier molecular flexibility index (Phi) is 4.53. The fourth-order valence-electron chi connectivity index (χ4n) is 1.81. The Balaban J connectivity index is 2.08. The summed E-state index contributed by atoms with van der Waals surface area (Å²) in [6.45, 7) is 5.20. The van der Waals surface area contributed by atoms with Gasteiger partial charge < -0.3 is 10.1 Å². The molecule has 0 saturated heterocycles. The minimum atomic E-state index is 0.505. The Morgan fingerprint density at radius 1 is 1.05 bits per heavy atom. The van der Waals surface area contributed by atoms with Crippen LogP contribution < -0.4 is 10.1 Å². The van der Waals surface area contributed by atoms with E-state index in [1.165, 1.54) is 11.1 Å². The van der Waals surface area contributed by atoms with Crippen LogP contribution in [0.2, 0.25) is 0 Å². The molecule has 0 unspecified atom stereocenters. The van der Waals surface area contributed by atoms with Crippen molar-refractivity contribution >= 4 is 0 Å². The summed E-state index contributed by atoms with van der Waals surface area (Å²) in [6, 6.07) is 13.0. The largest absolute Gasteiger partial charge is 0.481 e. The molecule has 19 heavy (non-hydrogen) atoms. The monoisotopic (exact) mass is 256 g/mol. The van der Waals surface area contributed by atoms with Crippen LogP contribution in [0.4, 0.5) is 0 Å². The van der Waals surface area contributed by atoms with Gasteiger partial charge in [0.2, 0.25) is 5.88 Å². The first kappa shape index (κ1) is 13.6. The normalized spacial score (nSPS) is 10.7. The molecule has 2 aromatic rings. The third-order valence-corrected chi connectivity index (χ3v) is 2.95. The molecule has 0 aliphatic carbocycles. The van der Waals surface area contributed by atoms with E-state index in [1.807, 2.05) is 18.3 Å². The van der Waals surface area contributed by atoms with E-state index in [1.54, 1.807) is 7.11 Å². The first-order chi connectivity index (χ1) is 9.19. The second kappa shape index (κ2) is 6.34. The van der Waals surface area contributed by atoms with E-state index in [0.717, 1.165) is 12.1 Å². The Hall–Kier alpha value is -1.87. The molecule has 0 fully saturated rings. The predicted octanol–water partition coefficient (Wildman–Crippen LogP) is 3.26. The van der Waals surface area contributed by atoms with Crippen LogP contribution in [-0.4, -0.2) is 18.1 Å². The predicted molar refractivity (Wildman–Crippen MR) is 78.2 cm³/mol. The Morgan fingerprint density at radius 2 is 1.74 bits per heavy atom.